The van der Waals surface area contributed by atoms with Gasteiger partial charge in [0, 0.05) is 17.0 Å². The van der Waals surface area contributed by atoms with Gasteiger partial charge in [0.1, 0.15) is 5.00 Å². The van der Waals surface area contributed by atoms with Gasteiger partial charge >= 0.3 is 5.97 Å². The third kappa shape index (κ3) is 4.06. The summed E-state index contributed by atoms with van der Waals surface area (Å²) in [5, 5.41) is 14.8. The number of fused-ring (bicyclic) bond motifs is 1. The van der Waals surface area contributed by atoms with Gasteiger partial charge in [0.2, 0.25) is 5.91 Å². The number of aryl methyl sites for hydroxylation is 1. The summed E-state index contributed by atoms with van der Waals surface area (Å²) < 4.78 is 0. The molecule has 1 aliphatic carbocycles. The van der Waals surface area contributed by atoms with E-state index in [1.807, 2.05) is 18.2 Å². The van der Waals surface area contributed by atoms with Crippen molar-refractivity contribution in [2.75, 3.05) is 10.6 Å². The van der Waals surface area contributed by atoms with E-state index in [1.165, 1.54) is 11.3 Å². The molecule has 7 heteroatoms. The molecular formula is C18H18N2O4S. The molecule has 130 valence electrons. The summed E-state index contributed by atoms with van der Waals surface area (Å²) >= 11 is 1.41. The summed E-state index contributed by atoms with van der Waals surface area (Å²) in [6.45, 7) is 0. The first-order valence-corrected chi connectivity index (χ1v) is 8.89. The number of hydrogen-bond acceptors (Lipinski definition) is 4. The Hall–Kier alpha value is -2.67. The van der Waals surface area contributed by atoms with E-state index < -0.39 is 11.9 Å². The van der Waals surface area contributed by atoms with E-state index >= 15 is 0 Å². The molecule has 1 aromatic carbocycles. The standard InChI is InChI=1S/C18H18N2O4S/c21-14(9-10-15(22)23)20-18-16(12-7-4-8-13(12)25-18)17(24)19-11-5-2-1-3-6-11/h1-3,5-6H,4,7-10H2,(H,19,24)(H,20,21)(H,22,23). The summed E-state index contributed by atoms with van der Waals surface area (Å²) in [4.78, 5) is 36.5. The minimum atomic E-state index is -1.02. The molecule has 0 aliphatic heterocycles. The molecule has 2 aromatic rings. The van der Waals surface area contributed by atoms with Crippen LogP contribution in [0.1, 0.15) is 40.1 Å². The van der Waals surface area contributed by atoms with E-state index in [1.54, 1.807) is 12.1 Å². The van der Waals surface area contributed by atoms with Crippen molar-refractivity contribution in [2.24, 2.45) is 0 Å². The maximum absolute atomic E-state index is 12.8. The van der Waals surface area contributed by atoms with E-state index in [0.29, 0.717) is 16.3 Å². The lowest BCUT2D eigenvalue weighted by molar-refractivity contribution is -0.138. The minimum absolute atomic E-state index is 0.113. The van der Waals surface area contributed by atoms with Gasteiger partial charge in [-0.1, -0.05) is 18.2 Å². The molecule has 0 bridgehead atoms. The minimum Gasteiger partial charge on any atom is -0.481 e. The first kappa shape index (κ1) is 17.2. The number of carboxylic acids is 1. The normalized spacial score (nSPS) is 12.5. The molecule has 1 aromatic heterocycles. The molecule has 1 aliphatic rings. The molecule has 0 fully saturated rings. The molecule has 25 heavy (non-hydrogen) atoms. The fourth-order valence-electron chi connectivity index (χ4n) is 2.86. The highest BCUT2D eigenvalue weighted by Crippen LogP contribution is 2.39. The molecule has 0 saturated carbocycles. The second kappa shape index (κ2) is 7.48. The molecule has 0 atom stereocenters. The third-order valence-electron chi connectivity index (χ3n) is 4.00. The average Bonchev–Trinajstić information content (AvgIpc) is 3.14. The molecule has 1 heterocycles. The van der Waals surface area contributed by atoms with Gasteiger partial charge in [-0.2, -0.15) is 0 Å². The van der Waals surface area contributed by atoms with Gasteiger partial charge < -0.3 is 15.7 Å². The van der Waals surface area contributed by atoms with Gasteiger partial charge in [-0.15, -0.1) is 11.3 Å². The Morgan fingerprint density at radius 3 is 2.52 bits per heavy atom. The van der Waals surface area contributed by atoms with Gasteiger partial charge in [0.05, 0.1) is 12.0 Å². The number of nitrogens with one attached hydrogen (secondary N) is 2. The van der Waals surface area contributed by atoms with Crippen molar-refractivity contribution in [1.29, 1.82) is 0 Å². The number of amides is 2. The smallest absolute Gasteiger partial charge is 0.303 e. The Balaban J connectivity index is 1.81. The number of anilines is 2. The van der Waals surface area contributed by atoms with Crippen LogP contribution in [-0.2, 0) is 22.4 Å². The molecule has 0 radical (unpaired) electrons. The SMILES string of the molecule is O=C(O)CCC(=O)Nc1sc2c(c1C(=O)Nc1ccccc1)CCC2. The number of benzene rings is 1. The van der Waals surface area contributed by atoms with Crippen LogP contribution in [0, 0.1) is 0 Å². The summed E-state index contributed by atoms with van der Waals surface area (Å²) in [5.74, 6) is -1.67. The second-order valence-corrected chi connectivity index (χ2v) is 6.93. The fraction of sp³-hybridized carbons (Fsp3) is 0.278. The Morgan fingerprint density at radius 1 is 1.04 bits per heavy atom. The lowest BCUT2D eigenvalue weighted by Gasteiger charge is -2.09. The highest BCUT2D eigenvalue weighted by Gasteiger charge is 2.27. The number of thiophene rings is 1. The summed E-state index contributed by atoms with van der Waals surface area (Å²) in [5.41, 5.74) is 2.19. The number of carbonyl (C=O) groups is 3. The Labute approximate surface area is 148 Å². The van der Waals surface area contributed by atoms with E-state index in [0.717, 1.165) is 29.7 Å². The van der Waals surface area contributed by atoms with Crippen LogP contribution in [0.2, 0.25) is 0 Å². The second-order valence-electron chi connectivity index (χ2n) is 5.82. The number of hydrogen-bond donors (Lipinski definition) is 3. The van der Waals surface area contributed by atoms with E-state index in [2.05, 4.69) is 10.6 Å². The highest BCUT2D eigenvalue weighted by molar-refractivity contribution is 7.17. The maximum atomic E-state index is 12.8. The van der Waals surface area contributed by atoms with Crippen LogP contribution in [0.3, 0.4) is 0 Å². The van der Waals surface area contributed by atoms with Crippen LogP contribution in [-0.4, -0.2) is 22.9 Å². The summed E-state index contributed by atoms with van der Waals surface area (Å²) in [6.07, 6.45) is 2.37. The van der Waals surface area contributed by atoms with Crippen molar-refractivity contribution in [2.45, 2.75) is 32.1 Å². The average molecular weight is 358 g/mol. The van der Waals surface area contributed by atoms with Crippen molar-refractivity contribution >= 4 is 39.8 Å². The maximum Gasteiger partial charge on any atom is 0.303 e. The zero-order valence-electron chi connectivity index (χ0n) is 13.5. The lowest BCUT2D eigenvalue weighted by Crippen LogP contribution is -2.18. The van der Waals surface area contributed by atoms with Crippen LogP contribution >= 0.6 is 11.3 Å². The first-order valence-electron chi connectivity index (χ1n) is 8.07. The number of aliphatic carboxylic acids is 1. The number of rotatable bonds is 6. The van der Waals surface area contributed by atoms with Gasteiger partial charge in [0.15, 0.2) is 0 Å². The van der Waals surface area contributed by atoms with E-state index in [4.69, 9.17) is 5.11 Å². The Bertz CT molecular complexity index is 814. The van der Waals surface area contributed by atoms with E-state index in [9.17, 15) is 14.4 Å². The molecule has 6 nitrogen and oxygen atoms in total. The molecule has 0 spiro atoms. The first-order chi connectivity index (χ1) is 12.0. The molecular weight excluding hydrogens is 340 g/mol. The van der Waals surface area contributed by atoms with E-state index in [-0.39, 0.29) is 18.7 Å². The molecule has 0 unspecified atom stereocenters. The predicted molar refractivity (Wildman–Crippen MR) is 96.2 cm³/mol. The largest absolute Gasteiger partial charge is 0.481 e. The quantitative estimate of drug-likeness (QED) is 0.738. The zero-order valence-corrected chi connectivity index (χ0v) is 14.3. The van der Waals surface area contributed by atoms with Crippen LogP contribution in [0.4, 0.5) is 10.7 Å². The van der Waals surface area contributed by atoms with Crippen LogP contribution in [0.5, 0.6) is 0 Å². The number of carbonyl (C=O) groups excluding carboxylic acids is 2. The Morgan fingerprint density at radius 2 is 1.80 bits per heavy atom. The van der Waals surface area contributed by atoms with Crippen molar-refractivity contribution in [1.82, 2.24) is 0 Å². The molecule has 0 saturated heterocycles. The van der Waals surface area contributed by atoms with Crippen LogP contribution in [0.25, 0.3) is 0 Å². The van der Waals surface area contributed by atoms with Crippen molar-refractivity contribution in [3.05, 3.63) is 46.3 Å². The molecule has 3 rings (SSSR count). The topological polar surface area (TPSA) is 95.5 Å². The van der Waals surface area contributed by atoms with Gasteiger partial charge in [-0.25, -0.2) is 0 Å². The fourth-order valence-corrected chi connectivity index (χ4v) is 4.16. The predicted octanol–water partition coefficient (Wildman–Crippen LogP) is 3.29. The third-order valence-corrected chi connectivity index (χ3v) is 5.21. The van der Waals surface area contributed by atoms with Gasteiger partial charge in [-0.3, -0.25) is 14.4 Å². The monoisotopic (exact) mass is 358 g/mol. The highest BCUT2D eigenvalue weighted by atomic mass is 32.1. The Kier molecular flexibility index (Phi) is 5.14. The number of para-hydroxylation sites is 1. The van der Waals surface area contributed by atoms with Gasteiger partial charge in [0.25, 0.3) is 5.91 Å². The van der Waals surface area contributed by atoms with Gasteiger partial charge in [-0.05, 0) is 37.0 Å². The van der Waals surface area contributed by atoms with Crippen LogP contribution < -0.4 is 10.6 Å². The van der Waals surface area contributed by atoms with Crippen molar-refractivity contribution < 1.29 is 19.5 Å². The molecule has 2 amide bonds. The van der Waals surface area contributed by atoms with Crippen molar-refractivity contribution in [3.8, 4) is 0 Å². The molecule has 3 N–H and O–H groups in total. The van der Waals surface area contributed by atoms with Crippen molar-refractivity contribution in [3.63, 3.8) is 0 Å². The zero-order chi connectivity index (χ0) is 17.8. The number of carboxylic acid groups (broad SMARTS) is 1. The summed E-state index contributed by atoms with van der Waals surface area (Å²) in [7, 11) is 0. The lowest BCUT2D eigenvalue weighted by atomic mass is 10.1. The van der Waals surface area contributed by atoms with Crippen LogP contribution in [0.15, 0.2) is 30.3 Å². The summed E-state index contributed by atoms with van der Waals surface area (Å²) in [6, 6.07) is 9.14.